The largest absolute Gasteiger partial charge is 0.355 e. The number of benzene rings is 1. The standard InChI is InChI=1S/C14H18N4S3/c1-10-2-4-11(5-3-10)6-8-21-9-7-15-12-16-13(19)18-14(20)17-12/h2-5H,6-9H2,1H3,(H3,15,16,17,18,19,20). The van der Waals surface area contributed by atoms with Crippen molar-refractivity contribution < 1.29 is 0 Å². The third-order valence-electron chi connectivity index (χ3n) is 2.86. The normalized spacial score (nSPS) is 10.5. The molecular weight excluding hydrogens is 320 g/mol. The molecule has 3 N–H and O–H groups in total. The molecule has 0 unspecified atom stereocenters. The molecule has 1 aromatic carbocycles. The van der Waals surface area contributed by atoms with Crippen molar-refractivity contribution in [1.82, 2.24) is 15.0 Å². The molecule has 0 radical (unpaired) electrons. The first-order valence-electron chi connectivity index (χ1n) is 6.71. The molecular formula is C14H18N4S3. The van der Waals surface area contributed by atoms with Gasteiger partial charge in [-0.3, -0.25) is 0 Å². The molecule has 4 nitrogen and oxygen atoms in total. The van der Waals surface area contributed by atoms with Crippen molar-refractivity contribution in [2.45, 2.75) is 13.3 Å². The Kier molecular flexibility index (Phi) is 6.41. The van der Waals surface area contributed by atoms with Crippen molar-refractivity contribution in [3.8, 4) is 0 Å². The fraction of sp³-hybridized carbons (Fsp3) is 0.357. The zero-order valence-electron chi connectivity index (χ0n) is 11.8. The van der Waals surface area contributed by atoms with Gasteiger partial charge in [0.15, 0.2) is 4.77 Å². The van der Waals surface area contributed by atoms with Crippen LogP contribution >= 0.6 is 36.2 Å². The van der Waals surface area contributed by atoms with E-state index in [1.807, 2.05) is 11.8 Å². The Labute approximate surface area is 138 Å². The van der Waals surface area contributed by atoms with Gasteiger partial charge in [0.1, 0.15) is 0 Å². The van der Waals surface area contributed by atoms with E-state index in [0.717, 1.165) is 24.5 Å². The van der Waals surface area contributed by atoms with Gasteiger partial charge in [-0.15, -0.1) is 0 Å². The van der Waals surface area contributed by atoms with E-state index in [0.29, 0.717) is 15.5 Å². The van der Waals surface area contributed by atoms with E-state index in [1.165, 1.54) is 11.1 Å². The van der Waals surface area contributed by atoms with Gasteiger partial charge in [0, 0.05) is 12.3 Å². The average molecular weight is 339 g/mol. The van der Waals surface area contributed by atoms with Crippen LogP contribution in [0.15, 0.2) is 24.3 Å². The first-order valence-corrected chi connectivity index (χ1v) is 8.68. The van der Waals surface area contributed by atoms with Crippen LogP contribution < -0.4 is 5.32 Å². The summed E-state index contributed by atoms with van der Waals surface area (Å²) in [4.78, 5) is 9.82. The minimum Gasteiger partial charge on any atom is -0.355 e. The Balaban J connectivity index is 1.65. The number of nitrogens with zero attached hydrogens (tertiary/aromatic N) is 1. The Hall–Kier alpha value is -1.18. The summed E-state index contributed by atoms with van der Waals surface area (Å²) in [7, 11) is 0. The second-order valence-electron chi connectivity index (χ2n) is 4.62. The van der Waals surface area contributed by atoms with E-state index >= 15 is 0 Å². The Bertz CT molecular complexity index is 647. The molecule has 1 aromatic heterocycles. The van der Waals surface area contributed by atoms with E-state index in [9.17, 15) is 0 Å². The average Bonchev–Trinajstić information content (AvgIpc) is 2.43. The molecule has 21 heavy (non-hydrogen) atoms. The number of rotatable bonds is 7. The van der Waals surface area contributed by atoms with Crippen LogP contribution in [-0.2, 0) is 6.42 Å². The molecule has 2 aromatic rings. The SMILES string of the molecule is Cc1ccc(CCSCCNc2nc(=S)[nH]c(=S)[nH]2)cc1. The number of hydrogen-bond acceptors (Lipinski definition) is 5. The van der Waals surface area contributed by atoms with E-state index in [-0.39, 0.29) is 0 Å². The summed E-state index contributed by atoms with van der Waals surface area (Å²) in [5.74, 6) is 2.76. The first-order chi connectivity index (χ1) is 10.1. The molecule has 0 spiro atoms. The number of aromatic nitrogens is 3. The Morgan fingerprint density at radius 1 is 1.14 bits per heavy atom. The molecule has 0 aliphatic carbocycles. The highest BCUT2D eigenvalue weighted by molar-refractivity contribution is 7.99. The van der Waals surface area contributed by atoms with Crippen LogP contribution in [0.4, 0.5) is 5.95 Å². The lowest BCUT2D eigenvalue weighted by molar-refractivity contribution is 0.985. The molecule has 0 atom stereocenters. The summed E-state index contributed by atoms with van der Waals surface area (Å²) in [5.41, 5.74) is 2.70. The number of aryl methyl sites for hydroxylation is 2. The highest BCUT2D eigenvalue weighted by Crippen LogP contribution is 2.08. The zero-order valence-corrected chi connectivity index (χ0v) is 14.3. The van der Waals surface area contributed by atoms with Gasteiger partial charge in [-0.25, -0.2) is 0 Å². The van der Waals surface area contributed by atoms with Crippen molar-refractivity contribution >= 4 is 42.1 Å². The van der Waals surface area contributed by atoms with Crippen molar-refractivity contribution in [3.63, 3.8) is 0 Å². The van der Waals surface area contributed by atoms with E-state index < -0.39 is 0 Å². The monoisotopic (exact) mass is 338 g/mol. The molecule has 0 amide bonds. The number of hydrogen-bond donors (Lipinski definition) is 3. The molecule has 0 saturated heterocycles. The van der Waals surface area contributed by atoms with Gasteiger partial charge in [-0.1, -0.05) is 29.8 Å². The van der Waals surface area contributed by atoms with E-state index in [4.69, 9.17) is 24.4 Å². The van der Waals surface area contributed by atoms with Crippen molar-refractivity contribution in [1.29, 1.82) is 0 Å². The Morgan fingerprint density at radius 3 is 2.62 bits per heavy atom. The van der Waals surface area contributed by atoms with Crippen molar-refractivity contribution in [3.05, 3.63) is 44.9 Å². The maximum absolute atomic E-state index is 5.01. The fourth-order valence-electron chi connectivity index (χ4n) is 1.77. The molecule has 0 saturated carbocycles. The third kappa shape index (κ3) is 5.99. The highest BCUT2D eigenvalue weighted by Gasteiger charge is 1.96. The smallest absolute Gasteiger partial charge is 0.205 e. The summed E-state index contributed by atoms with van der Waals surface area (Å²) in [6.45, 7) is 2.94. The molecule has 112 valence electrons. The van der Waals surface area contributed by atoms with Gasteiger partial charge in [-0.2, -0.15) is 16.7 Å². The van der Waals surface area contributed by atoms with Crippen LogP contribution in [0.25, 0.3) is 0 Å². The fourth-order valence-corrected chi connectivity index (χ4v) is 3.05. The predicted molar refractivity (Wildman–Crippen MR) is 95.3 cm³/mol. The van der Waals surface area contributed by atoms with Gasteiger partial charge in [-0.05, 0) is 49.1 Å². The summed E-state index contributed by atoms with van der Waals surface area (Å²) in [6, 6.07) is 8.72. The zero-order chi connectivity index (χ0) is 15.1. The van der Waals surface area contributed by atoms with Crippen LogP contribution in [0.3, 0.4) is 0 Å². The van der Waals surface area contributed by atoms with E-state index in [2.05, 4.69) is 51.5 Å². The summed E-state index contributed by atoms with van der Waals surface area (Å²) >= 11 is 11.9. The second-order valence-corrected chi connectivity index (χ2v) is 6.64. The topological polar surface area (TPSA) is 56.5 Å². The number of thioether (sulfide) groups is 1. The first kappa shape index (κ1) is 16.2. The third-order valence-corrected chi connectivity index (χ3v) is 4.24. The van der Waals surface area contributed by atoms with Crippen molar-refractivity contribution in [2.24, 2.45) is 0 Å². The maximum atomic E-state index is 5.01. The van der Waals surface area contributed by atoms with Crippen molar-refractivity contribution in [2.75, 3.05) is 23.4 Å². The van der Waals surface area contributed by atoms with E-state index in [1.54, 1.807) is 0 Å². The number of aromatic amines is 2. The maximum Gasteiger partial charge on any atom is 0.205 e. The van der Waals surface area contributed by atoms with Gasteiger partial charge in [0.25, 0.3) is 0 Å². The lowest BCUT2D eigenvalue weighted by atomic mass is 10.1. The number of anilines is 1. The lowest BCUT2D eigenvalue weighted by Crippen LogP contribution is -2.08. The second kappa shape index (κ2) is 8.31. The van der Waals surface area contributed by atoms with Gasteiger partial charge in [0.05, 0.1) is 0 Å². The quantitative estimate of drug-likeness (QED) is 0.528. The molecule has 0 aliphatic heterocycles. The predicted octanol–water partition coefficient (Wildman–Crippen LogP) is 3.89. The van der Waals surface area contributed by atoms with Crippen LogP contribution in [-0.4, -0.2) is 33.0 Å². The van der Waals surface area contributed by atoms with Gasteiger partial charge < -0.3 is 15.3 Å². The van der Waals surface area contributed by atoms with Gasteiger partial charge >= 0.3 is 0 Å². The molecule has 2 rings (SSSR count). The van der Waals surface area contributed by atoms with Crippen LogP contribution in [0.5, 0.6) is 0 Å². The lowest BCUT2D eigenvalue weighted by Gasteiger charge is -2.05. The summed E-state index contributed by atoms with van der Waals surface area (Å²) in [5, 5.41) is 3.19. The molecule has 0 bridgehead atoms. The van der Waals surface area contributed by atoms with Gasteiger partial charge in [0.2, 0.25) is 10.7 Å². The van der Waals surface area contributed by atoms with Crippen LogP contribution in [0.2, 0.25) is 0 Å². The Morgan fingerprint density at radius 2 is 1.90 bits per heavy atom. The highest BCUT2D eigenvalue weighted by atomic mass is 32.2. The summed E-state index contributed by atoms with van der Waals surface area (Å²) < 4.78 is 0.887. The number of H-pyrrole nitrogens is 2. The molecule has 0 fully saturated rings. The van der Waals surface area contributed by atoms with Crippen LogP contribution in [0.1, 0.15) is 11.1 Å². The number of nitrogens with one attached hydrogen (secondary N) is 3. The molecule has 0 aliphatic rings. The minimum absolute atomic E-state index is 0.397. The summed E-state index contributed by atoms with van der Waals surface area (Å²) in [6.07, 6.45) is 1.10. The molecule has 7 heteroatoms. The van der Waals surface area contributed by atoms with Crippen LogP contribution in [0, 0.1) is 16.5 Å². The molecule has 1 heterocycles. The minimum atomic E-state index is 0.397.